The third-order valence-corrected chi connectivity index (χ3v) is 4.83. The van der Waals surface area contributed by atoms with E-state index in [1.54, 1.807) is 24.3 Å². The van der Waals surface area contributed by atoms with Gasteiger partial charge in [-0.15, -0.1) is 12.4 Å². The van der Waals surface area contributed by atoms with Crippen LogP contribution in [0, 0.1) is 11.8 Å². The van der Waals surface area contributed by atoms with Gasteiger partial charge in [0.2, 0.25) is 17.7 Å². The Morgan fingerprint density at radius 2 is 1.68 bits per heavy atom. The lowest BCUT2D eigenvalue weighted by atomic mass is 9.88. The van der Waals surface area contributed by atoms with E-state index in [-0.39, 0.29) is 48.5 Å². The van der Waals surface area contributed by atoms with E-state index in [4.69, 9.17) is 5.73 Å². The normalized spacial score (nSPS) is 15.3. The Morgan fingerprint density at radius 1 is 1.07 bits per heavy atom. The molecule has 0 spiro atoms. The highest BCUT2D eigenvalue weighted by Gasteiger charge is 2.21. The fourth-order valence-electron chi connectivity index (χ4n) is 3.08. The summed E-state index contributed by atoms with van der Waals surface area (Å²) in [5, 5.41) is 8.17. The Hall–Kier alpha value is -2.12. The molecule has 0 bridgehead atoms. The van der Waals surface area contributed by atoms with Crippen molar-refractivity contribution in [3.05, 3.63) is 24.3 Å². The first-order valence-electron chi connectivity index (χ1n) is 9.61. The van der Waals surface area contributed by atoms with Gasteiger partial charge >= 0.3 is 0 Å². The summed E-state index contributed by atoms with van der Waals surface area (Å²) in [6, 6.07) is 6.35. The first-order valence-corrected chi connectivity index (χ1v) is 9.61. The van der Waals surface area contributed by atoms with Crippen LogP contribution in [-0.2, 0) is 14.4 Å². The van der Waals surface area contributed by atoms with Crippen molar-refractivity contribution in [2.45, 2.75) is 52.0 Å². The number of rotatable bonds is 7. The molecule has 0 unspecified atom stereocenters. The molecule has 7 nitrogen and oxygen atoms in total. The molecular weight excluding hydrogens is 380 g/mol. The summed E-state index contributed by atoms with van der Waals surface area (Å²) < 4.78 is 0. The number of nitrogens with one attached hydrogen (secondary N) is 3. The second-order valence-electron chi connectivity index (χ2n) is 7.44. The second kappa shape index (κ2) is 11.7. The van der Waals surface area contributed by atoms with Crippen LogP contribution < -0.4 is 21.7 Å². The zero-order chi connectivity index (χ0) is 19.8. The molecule has 1 aliphatic rings. The number of amides is 3. The van der Waals surface area contributed by atoms with Crippen molar-refractivity contribution < 1.29 is 14.4 Å². The van der Waals surface area contributed by atoms with Crippen LogP contribution in [0.2, 0.25) is 0 Å². The number of anilines is 2. The van der Waals surface area contributed by atoms with E-state index in [1.807, 2.05) is 13.8 Å². The molecule has 8 heteroatoms. The van der Waals surface area contributed by atoms with Crippen molar-refractivity contribution in [2.75, 3.05) is 17.2 Å². The van der Waals surface area contributed by atoms with E-state index in [9.17, 15) is 14.4 Å². The van der Waals surface area contributed by atoms with Gasteiger partial charge in [-0.3, -0.25) is 14.4 Å². The Balaban J connectivity index is 0.00000392. The highest BCUT2D eigenvalue weighted by atomic mass is 35.5. The number of hydrogen-bond donors (Lipinski definition) is 4. The first kappa shape index (κ1) is 23.9. The molecule has 1 saturated carbocycles. The van der Waals surface area contributed by atoms with Crippen LogP contribution in [0.3, 0.4) is 0 Å². The number of carbonyl (C=O) groups is 3. The van der Waals surface area contributed by atoms with Crippen molar-refractivity contribution >= 4 is 41.5 Å². The van der Waals surface area contributed by atoms with Crippen LogP contribution in [-0.4, -0.2) is 30.3 Å². The molecule has 0 saturated heterocycles. The molecule has 1 aliphatic carbocycles. The van der Waals surface area contributed by atoms with Gasteiger partial charge in [-0.05, 0) is 37.0 Å². The summed E-state index contributed by atoms with van der Waals surface area (Å²) in [6.07, 6.45) is 5.26. The van der Waals surface area contributed by atoms with Crippen LogP contribution in [0.25, 0.3) is 0 Å². The highest BCUT2D eigenvalue weighted by Crippen LogP contribution is 2.25. The van der Waals surface area contributed by atoms with E-state index < -0.39 is 6.04 Å². The largest absolute Gasteiger partial charge is 0.346 e. The molecule has 1 aromatic rings. The minimum Gasteiger partial charge on any atom is -0.346 e. The topological polar surface area (TPSA) is 113 Å². The van der Waals surface area contributed by atoms with Gasteiger partial charge in [0.25, 0.3) is 0 Å². The summed E-state index contributed by atoms with van der Waals surface area (Å²) in [4.78, 5) is 36.2. The van der Waals surface area contributed by atoms with E-state index in [1.165, 1.54) is 6.42 Å². The Bertz CT molecular complexity index is 675. The van der Waals surface area contributed by atoms with Crippen LogP contribution in [0.15, 0.2) is 24.3 Å². The summed E-state index contributed by atoms with van der Waals surface area (Å²) in [6.45, 7) is 3.53. The maximum atomic E-state index is 12.3. The molecule has 5 N–H and O–H groups in total. The van der Waals surface area contributed by atoms with E-state index >= 15 is 0 Å². The monoisotopic (exact) mass is 410 g/mol. The van der Waals surface area contributed by atoms with E-state index in [0.717, 1.165) is 25.7 Å². The summed E-state index contributed by atoms with van der Waals surface area (Å²) in [7, 11) is 0. The SMILES string of the molecule is CC(C)[C@H](N)C(=O)NCC(=O)Nc1cccc(NC(=O)C2CCCCC2)c1.Cl. The lowest BCUT2D eigenvalue weighted by Gasteiger charge is -2.21. The molecular formula is C20H31ClN4O3. The Labute approximate surface area is 172 Å². The first-order chi connectivity index (χ1) is 12.9. The van der Waals surface area contributed by atoms with E-state index in [0.29, 0.717) is 11.4 Å². The number of nitrogens with two attached hydrogens (primary N) is 1. The molecule has 28 heavy (non-hydrogen) atoms. The van der Waals surface area contributed by atoms with Crippen molar-refractivity contribution in [2.24, 2.45) is 17.6 Å². The minimum atomic E-state index is -0.642. The number of carbonyl (C=O) groups excluding carboxylic acids is 3. The molecule has 1 aromatic carbocycles. The van der Waals surface area contributed by atoms with Crippen LogP contribution in [0.4, 0.5) is 11.4 Å². The lowest BCUT2D eigenvalue weighted by molar-refractivity contribution is -0.125. The van der Waals surface area contributed by atoms with Crippen molar-refractivity contribution in [1.82, 2.24) is 5.32 Å². The van der Waals surface area contributed by atoms with Gasteiger partial charge < -0.3 is 21.7 Å². The molecule has 0 heterocycles. The van der Waals surface area contributed by atoms with Gasteiger partial charge in [0, 0.05) is 17.3 Å². The molecule has 3 amide bonds. The summed E-state index contributed by atoms with van der Waals surface area (Å²) >= 11 is 0. The summed E-state index contributed by atoms with van der Waals surface area (Å²) in [5.74, 6) is -0.605. The smallest absolute Gasteiger partial charge is 0.243 e. The van der Waals surface area contributed by atoms with Gasteiger partial charge in [0.15, 0.2) is 0 Å². The fourth-order valence-corrected chi connectivity index (χ4v) is 3.08. The number of halogens is 1. The molecule has 0 aromatic heterocycles. The predicted octanol–water partition coefficient (Wildman–Crippen LogP) is 2.67. The van der Waals surface area contributed by atoms with Gasteiger partial charge in [-0.2, -0.15) is 0 Å². The van der Waals surface area contributed by atoms with Crippen molar-refractivity contribution in [3.8, 4) is 0 Å². The standard InChI is InChI=1S/C20H30N4O3.ClH/c1-13(2)18(21)20(27)22-12-17(25)23-15-9-6-10-16(11-15)24-19(26)14-7-4-3-5-8-14;/h6,9-11,13-14,18H,3-5,7-8,12,21H2,1-2H3,(H,22,27)(H,23,25)(H,24,26);1H/t18-;/m0./s1. The van der Waals surface area contributed by atoms with Gasteiger partial charge in [0.1, 0.15) is 0 Å². The fraction of sp³-hybridized carbons (Fsp3) is 0.550. The molecule has 156 valence electrons. The minimum absolute atomic E-state index is 0. The molecule has 2 rings (SSSR count). The zero-order valence-corrected chi connectivity index (χ0v) is 17.3. The average molecular weight is 411 g/mol. The molecule has 0 aliphatic heterocycles. The van der Waals surface area contributed by atoms with Crippen LogP contribution >= 0.6 is 12.4 Å². The van der Waals surface area contributed by atoms with E-state index in [2.05, 4.69) is 16.0 Å². The van der Waals surface area contributed by atoms with Crippen molar-refractivity contribution in [3.63, 3.8) is 0 Å². The van der Waals surface area contributed by atoms with Gasteiger partial charge in [-0.25, -0.2) is 0 Å². The molecule has 1 fully saturated rings. The lowest BCUT2D eigenvalue weighted by Crippen LogP contribution is -2.46. The number of hydrogen-bond acceptors (Lipinski definition) is 4. The van der Waals surface area contributed by atoms with Crippen LogP contribution in [0.5, 0.6) is 0 Å². The number of benzene rings is 1. The maximum absolute atomic E-state index is 12.3. The maximum Gasteiger partial charge on any atom is 0.243 e. The summed E-state index contributed by atoms with van der Waals surface area (Å²) in [5.41, 5.74) is 6.95. The Morgan fingerprint density at radius 3 is 2.29 bits per heavy atom. The third kappa shape index (κ3) is 7.48. The Kier molecular flexibility index (Phi) is 9.96. The third-order valence-electron chi connectivity index (χ3n) is 4.83. The highest BCUT2D eigenvalue weighted by molar-refractivity contribution is 5.97. The van der Waals surface area contributed by atoms with Crippen LogP contribution in [0.1, 0.15) is 46.0 Å². The molecule has 0 radical (unpaired) electrons. The van der Waals surface area contributed by atoms with Gasteiger partial charge in [-0.1, -0.05) is 39.2 Å². The average Bonchev–Trinajstić information content (AvgIpc) is 2.66. The van der Waals surface area contributed by atoms with Crippen molar-refractivity contribution in [1.29, 1.82) is 0 Å². The zero-order valence-electron chi connectivity index (χ0n) is 16.5. The predicted molar refractivity (Wildman–Crippen MR) is 113 cm³/mol. The quantitative estimate of drug-likeness (QED) is 0.553. The second-order valence-corrected chi connectivity index (χ2v) is 7.44. The van der Waals surface area contributed by atoms with Gasteiger partial charge in [0.05, 0.1) is 12.6 Å². The molecule has 1 atom stereocenters.